The summed E-state index contributed by atoms with van der Waals surface area (Å²) in [5.74, 6) is 0. The molecule has 0 radical (unpaired) electrons. The highest BCUT2D eigenvalue weighted by Crippen LogP contribution is 2.67. The Balaban J connectivity index is 2.57. The van der Waals surface area contributed by atoms with Crippen molar-refractivity contribution in [3.05, 3.63) is 0 Å². The third-order valence-electron chi connectivity index (χ3n) is 3.44. The van der Waals surface area contributed by atoms with Crippen LogP contribution in [0.5, 0.6) is 0 Å². The molecule has 1 rings (SSSR count). The molecule has 0 atom stereocenters. The van der Waals surface area contributed by atoms with Crippen molar-refractivity contribution >= 4 is 0 Å². The largest absolute Gasteiger partial charge is 0.0648 e. The lowest BCUT2D eigenvalue weighted by molar-refractivity contribution is 0.358. The molecule has 1 aliphatic rings. The molecular formula is C9H18. The van der Waals surface area contributed by atoms with Gasteiger partial charge >= 0.3 is 0 Å². The van der Waals surface area contributed by atoms with Gasteiger partial charge in [0.15, 0.2) is 0 Å². The highest BCUT2D eigenvalue weighted by atomic mass is 14.6. The normalized spacial score (nSPS) is 28.0. The van der Waals surface area contributed by atoms with Gasteiger partial charge in [-0.3, -0.25) is 0 Å². The monoisotopic (exact) mass is 126 g/mol. The zero-order valence-corrected chi connectivity index (χ0v) is 7.12. The molecule has 0 saturated heterocycles. The molecule has 0 aromatic rings. The van der Waals surface area contributed by atoms with Crippen molar-refractivity contribution in [3.8, 4) is 0 Å². The van der Waals surface area contributed by atoms with Crippen molar-refractivity contribution in [2.45, 2.75) is 47.0 Å². The zero-order valence-electron chi connectivity index (χ0n) is 7.12. The van der Waals surface area contributed by atoms with Crippen molar-refractivity contribution in [1.29, 1.82) is 0 Å². The summed E-state index contributed by atoms with van der Waals surface area (Å²) in [5, 5.41) is 0. The van der Waals surface area contributed by atoms with Crippen LogP contribution in [0.4, 0.5) is 0 Å². The van der Waals surface area contributed by atoms with Gasteiger partial charge in [0.05, 0.1) is 0 Å². The second kappa shape index (κ2) is 1.74. The van der Waals surface area contributed by atoms with Gasteiger partial charge in [-0.15, -0.1) is 0 Å². The molecule has 0 N–H and O–H groups in total. The summed E-state index contributed by atoms with van der Waals surface area (Å²) in [6, 6.07) is 0. The molecule has 1 fully saturated rings. The molecule has 0 nitrogen and oxygen atoms in total. The summed E-state index contributed by atoms with van der Waals surface area (Å²) in [6.45, 7) is 9.41. The topological polar surface area (TPSA) is 0 Å². The molecule has 0 spiro atoms. The lowest BCUT2D eigenvalue weighted by Crippen LogP contribution is -2.05. The average molecular weight is 126 g/mol. The van der Waals surface area contributed by atoms with E-state index in [0.29, 0.717) is 5.41 Å². The molecule has 0 unspecified atom stereocenters. The van der Waals surface area contributed by atoms with E-state index in [9.17, 15) is 0 Å². The van der Waals surface area contributed by atoms with Crippen LogP contribution in [0.15, 0.2) is 0 Å². The quantitative estimate of drug-likeness (QED) is 0.533. The highest BCUT2D eigenvalue weighted by molar-refractivity contribution is 5.07. The Hall–Kier alpha value is 0. The summed E-state index contributed by atoms with van der Waals surface area (Å²) in [7, 11) is 0. The van der Waals surface area contributed by atoms with Crippen LogP contribution >= 0.6 is 0 Å². The predicted octanol–water partition coefficient (Wildman–Crippen LogP) is 3.22. The van der Waals surface area contributed by atoms with Crippen LogP contribution in [0.25, 0.3) is 0 Å². The van der Waals surface area contributed by atoms with E-state index in [1.54, 1.807) is 0 Å². The first kappa shape index (κ1) is 7.11. The van der Waals surface area contributed by atoms with E-state index >= 15 is 0 Å². The molecule has 9 heavy (non-hydrogen) atoms. The van der Waals surface area contributed by atoms with E-state index in [1.807, 2.05) is 0 Å². The third kappa shape index (κ3) is 0.798. The van der Waals surface area contributed by atoms with Gasteiger partial charge in [-0.25, -0.2) is 0 Å². The smallest absolute Gasteiger partial charge is 0.0246 e. The molecule has 0 amide bonds. The molecule has 0 heteroatoms. The van der Waals surface area contributed by atoms with Crippen LogP contribution in [-0.2, 0) is 0 Å². The molecule has 0 aromatic heterocycles. The number of hydrogen-bond donors (Lipinski definition) is 0. The van der Waals surface area contributed by atoms with Gasteiger partial charge in [-0.1, -0.05) is 27.7 Å². The molecule has 54 valence electrons. The maximum Gasteiger partial charge on any atom is -0.0246 e. The summed E-state index contributed by atoms with van der Waals surface area (Å²) in [4.78, 5) is 0. The second-order valence-corrected chi connectivity index (χ2v) is 4.05. The standard InChI is InChI=1S/C9H18/c1-5-9(6-2)7-8(9,3)4/h5-7H2,1-4H3. The Kier molecular flexibility index (Phi) is 1.38. The maximum atomic E-state index is 2.39. The van der Waals surface area contributed by atoms with E-state index < -0.39 is 0 Å². The van der Waals surface area contributed by atoms with Crippen molar-refractivity contribution in [2.24, 2.45) is 10.8 Å². The van der Waals surface area contributed by atoms with Gasteiger partial charge < -0.3 is 0 Å². The second-order valence-electron chi connectivity index (χ2n) is 4.05. The minimum absolute atomic E-state index is 0.663. The van der Waals surface area contributed by atoms with Crippen molar-refractivity contribution in [3.63, 3.8) is 0 Å². The first-order chi connectivity index (χ1) is 4.08. The van der Waals surface area contributed by atoms with Gasteiger partial charge in [0, 0.05) is 0 Å². The Bertz CT molecular complexity index is 107. The number of rotatable bonds is 2. The predicted molar refractivity (Wildman–Crippen MR) is 41.4 cm³/mol. The van der Waals surface area contributed by atoms with E-state index in [2.05, 4.69) is 27.7 Å². The summed E-state index contributed by atoms with van der Waals surface area (Å²) >= 11 is 0. The molecule has 1 saturated carbocycles. The minimum Gasteiger partial charge on any atom is -0.0648 e. The first-order valence-electron chi connectivity index (χ1n) is 4.08. The van der Waals surface area contributed by atoms with Crippen LogP contribution in [0, 0.1) is 10.8 Å². The maximum absolute atomic E-state index is 2.39. The van der Waals surface area contributed by atoms with Crippen LogP contribution in [0.2, 0.25) is 0 Å². The molecule has 0 aliphatic heterocycles. The Labute approximate surface area is 58.7 Å². The van der Waals surface area contributed by atoms with Gasteiger partial charge in [0.1, 0.15) is 0 Å². The molecule has 0 heterocycles. The molecule has 0 aromatic carbocycles. The lowest BCUT2D eigenvalue weighted by atomic mass is 9.91. The van der Waals surface area contributed by atoms with Gasteiger partial charge in [-0.05, 0) is 30.1 Å². The highest BCUT2D eigenvalue weighted by Gasteiger charge is 2.57. The molecule has 0 bridgehead atoms. The van der Waals surface area contributed by atoms with Crippen LogP contribution in [0.1, 0.15) is 47.0 Å². The molecular weight excluding hydrogens is 108 g/mol. The van der Waals surface area contributed by atoms with Crippen molar-refractivity contribution in [2.75, 3.05) is 0 Å². The van der Waals surface area contributed by atoms with Crippen LogP contribution in [-0.4, -0.2) is 0 Å². The third-order valence-corrected chi connectivity index (χ3v) is 3.44. The fourth-order valence-corrected chi connectivity index (χ4v) is 2.26. The van der Waals surface area contributed by atoms with E-state index in [4.69, 9.17) is 0 Å². The van der Waals surface area contributed by atoms with Gasteiger partial charge in [0.2, 0.25) is 0 Å². The number of hydrogen-bond acceptors (Lipinski definition) is 0. The molecule has 1 aliphatic carbocycles. The van der Waals surface area contributed by atoms with E-state index in [0.717, 1.165) is 5.41 Å². The van der Waals surface area contributed by atoms with Crippen molar-refractivity contribution in [1.82, 2.24) is 0 Å². The van der Waals surface area contributed by atoms with Gasteiger partial charge in [0.25, 0.3) is 0 Å². The SMILES string of the molecule is CCC1(CC)CC1(C)C. The summed E-state index contributed by atoms with van der Waals surface area (Å²) in [6.07, 6.45) is 4.19. The van der Waals surface area contributed by atoms with E-state index in [1.165, 1.54) is 19.3 Å². The van der Waals surface area contributed by atoms with Gasteiger partial charge in [-0.2, -0.15) is 0 Å². The first-order valence-corrected chi connectivity index (χ1v) is 4.08. The summed E-state index contributed by atoms with van der Waals surface area (Å²) in [5.41, 5.74) is 1.39. The Morgan fingerprint density at radius 1 is 1.11 bits per heavy atom. The lowest BCUT2D eigenvalue weighted by Gasteiger charge is -2.14. The fraction of sp³-hybridized carbons (Fsp3) is 1.00. The Morgan fingerprint density at radius 3 is 1.44 bits per heavy atom. The van der Waals surface area contributed by atoms with Crippen LogP contribution in [0.3, 0.4) is 0 Å². The van der Waals surface area contributed by atoms with E-state index in [-0.39, 0.29) is 0 Å². The fourth-order valence-electron chi connectivity index (χ4n) is 2.26. The Morgan fingerprint density at radius 2 is 1.44 bits per heavy atom. The zero-order chi connectivity index (χ0) is 7.12. The average Bonchev–Trinajstić information content (AvgIpc) is 2.35. The van der Waals surface area contributed by atoms with Crippen molar-refractivity contribution < 1.29 is 0 Å². The van der Waals surface area contributed by atoms with Crippen LogP contribution < -0.4 is 0 Å². The minimum atomic E-state index is 0.663. The summed E-state index contributed by atoms with van der Waals surface area (Å²) < 4.78 is 0.